The van der Waals surface area contributed by atoms with Crippen molar-refractivity contribution in [3.05, 3.63) is 41.6 Å². The largest absolute Gasteiger partial charge is 0.379 e. The molecule has 1 N–H and O–H groups in total. The fourth-order valence-corrected chi connectivity index (χ4v) is 4.07. The number of morpholine rings is 1. The van der Waals surface area contributed by atoms with Crippen molar-refractivity contribution in [2.24, 2.45) is 5.92 Å². The lowest BCUT2D eigenvalue weighted by Crippen LogP contribution is -2.51. The Balaban J connectivity index is 1.65. The molecule has 0 bridgehead atoms. The summed E-state index contributed by atoms with van der Waals surface area (Å²) in [5.74, 6) is 0.350. The van der Waals surface area contributed by atoms with Crippen LogP contribution in [0.5, 0.6) is 0 Å². The van der Waals surface area contributed by atoms with Crippen molar-refractivity contribution < 1.29 is 14.3 Å². The Kier molecular flexibility index (Phi) is 6.86. The number of carbonyl (C=O) groups excluding carboxylic acids is 2. The van der Waals surface area contributed by atoms with E-state index in [9.17, 15) is 9.59 Å². The van der Waals surface area contributed by atoms with Crippen LogP contribution in [0.25, 0.3) is 6.08 Å². The van der Waals surface area contributed by atoms with Crippen LogP contribution in [0.3, 0.4) is 0 Å². The second-order valence-corrected chi connectivity index (χ2v) is 7.85. The van der Waals surface area contributed by atoms with Gasteiger partial charge in [-0.15, -0.1) is 0 Å². The third-order valence-corrected chi connectivity index (χ3v) is 5.64. The molecule has 0 aromatic heterocycles. The molecule has 0 radical (unpaired) electrons. The number of amides is 2. The highest BCUT2D eigenvalue weighted by Gasteiger charge is 2.29. The zero-order valence-electron chi connectivity index (χ0n) is 17.1. The molecule has 0 spiro atoms. The number of ether oxygens (including phenoxy) is 1. The van der Waals surface area contributed by atoms with Gasteiger partial charge in [-0.3, -0.25) is 14.5 Å². The number of hydrogen-bond acceptors (Lipinski definition) is 4. The van der Waals surface area contributed by atoms with Crippen molar-refractivity contribution in [1.82, 2.24) is 15.1 Å². The first-order valence-electron chi connectivity index (χ1n) is 10.1. The Labute approximate surface area is 167 Å². The minimum atomic E-state index is -0.264. The van der Waals surface area contributed by atoms with Gasteiger partial charge in [-0.05, 0) is 23.1 Å². The predicted molar refractivity (Wildman–Crippen MR) is 109 cm³/mol. The maximum absolute atomic E-state index is 12.8. The van der Waals surface area contributed by atoms with E-state index in [-0.39, 0.29) is 30.3 Å². The van der Waals surface area contributed by atoms with E-state index in [0.717, 1.165) is 37.4 Å². The Morgan fingerprint density at radius 3 is 2.61 bits per heavy atom. The van der Waals surface area contributed by atoms with Crippen LogP contribution in [0.2, 0.25) is 0 Å². The molecule has 2 atom stereocenters. The van der Waals surface area contributed by atoms with E-state index in [2.05, 4.69) is 24.1 Å². The van der Waals surface area contributed by atoms with Crippen LogP contribution in [0, 0.1) is 5.92 Å². The van der Waals surface area contributed by atoms with E-state index in [1.807, 2.05) is 30.3 Å². The standard InChI is InChI=1S/C22H31N3O3/c1-16(2)21(24-10-12-28-13-11-24)15-23-22(27)14-20-19-7-5-4-6-18(19)8-9-25(20)17(3)26/h4-9,16,20-21H,10-15H2,1-3H3,(H,23,27). The molecule has 6 heteroatoms. The van der Waals surface area contributed by atoms with E-state index < -0.39 is 0 Å². The predicted octanol–water partition coefficient (Wildman–Crippen LogP) is 2.42. The Bertz CT molecular complexity index is 725. The molecule has 1 saturated heterocycles. The molecule has 2 unspecified atom stereocenters. The molecule has 0 aliphatic carbocycles. The van der Waals surface area contributed by atoms with E-state index in [4.69, 9.17) is 4.74 Å². The van der Waals surface area contributed by atoms with E-state index >= 15 is 0 Å². The van der Waals surface area contributed by atoms with Gasteiger partial charge in [-0.25, -0.2) is 0 Å². The third-order valence-electron chi connectivity index (χ3n) is 5.64. The van der Waals surface area contributed by atoms with Crippen LogP contribution in [0.4, 0.5) is 0 Å². The van der Waals surface area contributed by atoms with Gasteiger partial charge in [0.15, 0.2) is 0 Å². The summed E-state index contributed by atoms with van der Waals surface area (Å²) in [6, 6.07) is 7.96. The fraction of sp³-hybridized carbons (Fsp3) is 0.545. The van der Waals surface area contributed by atoms with Gasteiger partial charge >= 0.3 is 0 Å². The number of nitrogens with one attached hydrogen (secondary N) is 1. The first-order chi connectivity index (χ1) is 13.5. The van der Waals surface area contributed by atoms with Gasteiger partial charge < -0.3 is 15.0 Å². The number of nitrogens with zero attached hydrogens (tertiary/aromatic N) is 2. The van der Waals surface area contributed by atoms with E-state index in [0.29, 0.717) is 12.5 Å². The van der Waals surface area contributed by atoms with E-state index in [1.165, 1.54) is 6.92 Å². The quantitative estimate of drug-likeness (QED) is 0.817. The van der Waals surface area contributed by atoms with Gasteiger partial charge in [0, 0.05) is 38.8 Å². The lowest BCUT2D eigenvalue weighted by Gasteiger charge is -2.37. The zero-order chi connectivity index (χ0) is 20.1. The van der Waals surface area contributed by atoms with Gasteiger partial charge in [0.1, 0.15) is 0 Å². The Morgan fingerprint density at radius 1 is 1.21 bits per heavy atom. The molecule has 28 heavy (non-hydrogen) atoms. The molecule has 2 aliphatic heterocycles. The average Bonchev–Trinajstić information content (AvgIpc) is 2.68. The molecule has 6 nitrogen and oxygen atoms in total. The number of rotatable bonds is 6. The Hall–Kier alpha value is -2.18. The minimum Gasteiger partial charge on any atom is -0.379 e. The molecular formula is C22H31N3O3. The minimum absolute atomic E-state index is 0.0275. The number of fused-ring (bicyclic) bond motifs is 1. The van der Waals surface area contributed by atoms with Crippen LogP contribution in [0.15, 0.2) is 30.5 Å². The van der Waals surface area contributed by atoms with Crippen LogP contribution < -0.4 is 5.32 Å². The van der Waals surface area contributed by atoms with Crippen LogP contribution in [-0.2, 0) is 14.3 Å². The van der Waals surface area contributed by atoms with Crippen molar-refractivity contribution >= 4 is 17.9 Å². The van der Waals surface area contributed by atoms with Crippen LogP contribution in [0.1, 0.15) is 44.4 Å². The van der Waals surface area contributed by atoms with Gasteiger partial charge in [-0.2, -0.15) is 0 Å². The highest BCUT2D eigenvalue weighted by atomic mass is 16.5. The second-order valence-electron chi connectivity index (χ2n) is 7.85. The fourth-order valence-electron chi connectivity index (χ4n) is 4.07. The maximum atomic E-state index is 12.8. The smallest absolute Gasteiger partial charge is 0.223 e. The van der Waals surface area contributed by atoms with Crippen LogP contribution >= 0.6 is 0 Å². The van der Waals surface area contributed by atoms with Crippen molar-refractivity contribution in [2.45, 2.75) is 39.3 Å². The molecule has 152 valence electrons. The van der Waals surface area contributed by atoms with Crippen molar-refractivity contribution in [3.63, 3.8) is 0 Å². The summed E-state index contributed by atoms with van der Waals surface area (Å²) in [4.78, 5) is 28.9. The molecule has 3 rings (SSSR count). The summed E-state index contributed by atoms with van der Waals surface area (Å²) in [6.45, 7) is 9.82. The first-order valence-corrected chi connectivity index (χ1v) is 10.1. The highest BCUT2D eigenvalue weighted by Crippen LogP contribution is 2.32. The van der Waals surface area contributed by atoms with Crippen molar-refractivity contribution in [3.8, 4) is 0 Å². The molecule has 1 fully saturated rings. The lowest BCUT2D eigenvalue weighted by atomic mass is 9.93. The number of hydrogen-bond donors (Lipinski definition) is 1. The van der Waals surface area contributed by atoms with Gasteiger partial charge in [0.05, 0.1) is 25.7 Å². The zero-order valence-corrected chi connectivity index (χ0v) is 17.1. The molecule has 1 aromatic carbocycles. The topological polar surface area (TPSA) is 61.9 Å². The summed E-state index contributed by atoms with van der Waals surface area (Å²) in [6.07, 6.45) is 3.97. The van der Waals surface area contributed by atoms with Crippen molar-refractivity contribution in [1.29, 1.82) is 0 Å². The molecule has 0 saturated carbocycles. The molecule has 2 amide bonds. The van der Waals surface area contributed by atoms with Gasteiger partial charge in [-0.1, -0.05) is 38.1 Å². The lowest BCUT2D eigenvalue weighted by molar-refractivity contribution is -0.130. The van der Waals surface area contributed by atoms with Crippen LogP contribution in [-0.4, -0.2) is 60.5 Å². The maximum Gasteiger partial charge on any atom is 0.223 e. The summed E-state index contributed by atoms with van der Waals surface area (Å²) < 4.78 is 5.45. The number of benzene rings is 1. The van der Waals surface area contributed by atoms with Gasteiger partial charge in [0.25, 0.3) is 0 Å². The SMILES string of the molecule is CC(=O)N1C=Cc2ccccc2C1CC(=O)NCC(C(C)C)N1CCOCC1. The normalized spacial score (nSPS) is 20.7. The molecule has 2 aliphatic rings. The number of carbonyl (C=O) groups is 2. The summed E-state index contributed by atoms with van der Waals surface area (Å²) in [7, 11) is 0. The Morgan fingerprint density at radius 2 is 1.93 bits per heavy atom. The summed E-state index contributed by atoms with van der Waals surface area (Å²) >= 11 is 0. The van der Waals surface area contributed by atoms with Crippen molar-refractivity contribution in [2.75, 3.05) is 32.8 Å². The molecule has 1 aromatic rings. The first kappa shape index (κ1) is 20.6. The highest BCUT2D eigenvalue weighted by molar-refractivity contribution is 5.81. The monoisotopic (exact) mass is 385 g/mol. The second kappa shape index (κ2) is 9.34. The van der Waals surface area contributed by atoms with E-state index in [1.54, 1.807) is 11.1 Å². The third kappa shape index (κ3) is 4.80. The van der Waals surface area contributed by atoms with Gasteiger partial charge in [0.2, 0.25) is 11.8 Å². The summed E-state index contributed by atoms with van der Waals surface area (Å²) in [5.41, 5.74) is 2.08. The molecule has 2 heterocycles. The molecular weight excluding hydrogens is 354 g/mol. The summed E-state index contributed by atoms with van der Waals surface area (Å²) in [5, 5.41) is 3.12. The average molecular weight is 386 g/mol.